The van der Waals surface area contributed by atoms with E-state index in [4.69, 9.17) is 4.74 Å². The molecule has 0 amide bonds. The number of fused-ring (bicyclic) bond motifs is 1. The van der Waals surface area contributed by atoms with Crippen LogP contribution in [-0.4, -0.2) is 6.54 Å². The van der Waals surface area contributed by atoms with Gasteiger partial charge in [-0.25, -0.2) is 8.78 Å². The van der Waals surface area contributed by atoms with Gasteiger partial charge in [0.25, 0.3) is 0 Å². The molecule has 2 nitrogen and oxygen atoms in total. The summed E-state index contributed by atoms with van der Waals surface area (Å²) in [5, 5.41) is 3.21. The Morgan fingerprint density at radius 1 is 1.16 bits per heavy atom. The fourth-order valence-electron chi connectivity index (χ4n) is 2.30. The van der Waals surface area contributed by atoms with Crippen LogP contribution in [0.15, 0.2) is 36.4 Å². The second-order valence-corrected chi connectivity index (χ2v) is 4.58. The molecule has 0 saturated carbocycles. The van der Waals surface area contributed by atoms with E-state index in [1.54, 1.807) is 6.07 Å². The van der Waals surface area contributed by atoms with Crippen molar-refractivity contribution in [1.82, 2.24) is 0 Å². The Bertz CT molecular complexity index is 628. The van der Waals surface area contributed by atoms with Gasteiger partial charge in [-0.05, 0) is 24.6 Å². The van der Waals surface area contributed by atoms with E-state index in [1.807, 2.05) is 25.1 Å². The van der Waals surface area contributed by atoms with Crippen LogP contribution in [0.2, 0.25) is 0 Å². The first-order valence-electron chi connectivity index (χ1n) is 6.11. The van der Waals surface area contributed by atoms with E-state index in [0.29, 0.717) is 12.3 Å². The molecule has 1 N–H and O–H groups in total. The number of anilines is 1. The van der Waals surface area contributed by atoms with Crippen LogP contribution in [0.1, 0.15) is 17.2 Å². The highest BCUT2D eigenvalue weighted by atomic mass is 19.2. The maximum absolute atomic E-state index is 13.8. The van der Waals surface area contributed by atoms with Crippen molar-refractivity contribution in [2.45, 2.75) is 13.0 Å². The molecule has 2 aromatic carbocycles. The van der Waals surface area contributed by atoms with Crippen LogP contribution in [0.5, 0.6) is 5.75 Å². The summed E-state index contributed by atoms with van der Waals surface area (Å²) in [6.45, 7) is 2.39. The summed E-state index contributed by atoms with van der Waals surface area (Å²) >= 11 is 0. The number of para-hydroxylation sites is 1. The minimum atomic E-state index is -0.851. The van der Waals surface area contributed by atoms with Crippen molar-refractivity contribution in [2.24, 2.45) is 0 Å². The number of ether oxygens (including phenoxy) is 1. The summed E-state index contributed by atoms with van der Waals surface area (Å²) < 4.78 is 32.8. The first-order chi connectivity index (χ1) is 9.16. The predicted octanol–water partition coefficient (Wildman–Crippen LogP) is 3.82. The summed E-state index contributed by atoms with van der Waals surface area (Å²) in [5.74, 6) is -1.03. The first kappa shape index (κ1) is 12.0. The van der Waals surface area contributed by atoms with Crippen molar-refractivity contribution >= 4 is 5.69 Å². The van der Waals surface area contributed by atoms with E-state index >= 15 is 0 Å². The number of hydrogen-bond donors (Lipinski definition) is 1. The quantitative estimate of drug-likeness (QED) is 0.842. The Kier molecular flexibility index (Phi) is 2.85. The van der Waals surface area contributed by atoms with Crippen LogP contribution in [0.4, 0.5) is 14.5 Å². The number of nitrogens with one attached hydrogen (secondary N) is 1. The fourth-order valence-corrected chi connectivity index (χ4v) is 2.30. The van der Waals surface area contributed by atoms with Crippen molar-refractivity contribution in [3.63, 3.8) is 0 Å². The summed E-state index contributed by atoms with van der Waals surface area (Å²) in [6.07, 6.45) is -0.523. The highest BCUT2D eigenvalue weighted by molar-refractivity contribution is 5.63. The van der Waals surface area contributed by atoms with E-state index in [0.717, 1.165) is 17.3 Å². The average Bonchev–Trinajstić information content (AvgIpc) is 2.42. The fraction of sp³-hybridized carbons (Fsp3) is 0.200. The maximum atomic E-state index is 13.8. The van der Waals surface area contributed by atoms with Gasteiger partial charge in [0.15, 0.2) is 11.6 Å². The zero-order valence-corrected chi connectivity index (χ0v) is 10.4. The van der Waals surface area contributed by atoms with Crippen molar-refractivity contribution < 1.29 is 13.5 Å². The van der Waals surface area contributed by atoms with Crippen molar-refractivity contribution in [3.8, 4) is 5.75 Å². The zero-order valence-electron chi connectivity index (χ0n) is 10.4. The Morgan fingerprint density at radius 2 is 1.95 bits per heavy atom. The third-order valence-corrected chi connectivity index (χ3v) is 3.30. The molecule has 3 rings (SSSR count). The minimum Gasteiger partial charge on any atom is -0.482 e. The molecular weight excluding hydrogens is 248 g/mol. The van der Waals surface area contributed by atoms with Gasteiger partial charge in [-0.1, -0.05) is 24.3 Å². The minimum absolute atomic E-state index is 0.236. The lowest BCUT2D eigenvalue weighted by Crippen LogP contribution is -2.25. The molecule has 1 unspecified atom stereocenters. The molecule has 0 radical (unpaired) electrons. The molecule has 19 heavy (non-hydrogen) atoms. The molecule has 2 aromatic rings. The van der Waals surface area contributed by atoms with Gasteiger partial charge in [-0.3, -0.25) is 0 Å². The molecule has 0 spiro atoms. The molecule has 98 valence electrons. The first-order valence-corrected chi connectivity index (χ1v) is 6.11. The van der Waals surface area contributed by atoms with Gasteiger partial charge in [-0.15, -0.1) is 0 Å². The third-order valence-electron chi connectivity index (χ3n) is 3.30. The topological polar surface area (TPSA) is 21.3 Å². The van der Waals surface area contributed by atoms with Crippen LogP contribution in [0, 0.1) is 18.6 Å². The molecule has 1 atom stereocenters. The summed E-state index contributed by atoms with van der Waals surface area (Å²) in [7, 11) is 0. The third kappa shape index (κ3) is 2.03. The van der Waals surface area contributed by atoms with Crippen molar-refractivity contribution in [2.75, 3.05) is 11.9 Å². The summed E-state index contributed by atoms with van der Waals surface area (Å²) in [6, 6.07) is 9.80. The molecule has 0 aromatic heterocycles. The van der Waals surface area contributed by atoms with Crippen molar-refractivity contribution in [1.29, 1.82) is 0 Å². The Balaban J connectivity index is 1.96. The van der Waals surface area contributed by atoms with E-state index in [1.165, 1.54) is 6.07 Å². The van der Waals surface area contributed by atoms with Gasteiger partial charge < -0.3 is 10.1 Å². The molecule has 0 aliphatic carbocycles. The number of benzene rings is 2. The number of hydrogen-bond acceptors (Lipinski definition) is 2. The van der Waals surface area contributed by atoms with Crippen molar-refractivity contribution in [3.05, 3.63) is 59.2 Å². The normalized spacial score (nSPS) is 17.3. The number of halogens is 2. The van der Waals surface area contributed by atoms with E-state index in [-0.39, 0.29) is 5.56 Å². The van der Waals surface area contributed by atoms with Gasteiger partial charge >= 0.3 is 0 Å². The molecule has 1 aliphatic rings. The molecule has 1 aliphatic heterocycles. The molecule has 0 bridgehead atoms. The molecule has 4 heteroatoms. The standard InChI is InChI=1S/C15H13F2NO/c1-9-4-2-7-12-15(9)18-8-13(19-12)10-5-3-6-11(16)14(10)17/h2-7,13,18H,8H2,1H3. The van der Waals surface area contributed by atoms with E-state index in [2.05, 4.69) is 5.32 Å². The van der Waals surface area contributed by atoms with Gasteiger partial charge in [-0.2, -0.15) is 0 Å². The molecule has 0 saturated heterocycles. The lowest BCUT2D eigenvalue weighted by molar-refractivity contribution is 0.203. The van der Waals surface area contributed by atoms with E-state index < -0.39 is 17.7 Å². The van der Waals surface area contributed by atoms with Gasteiger partial charge in [0.1, 0.15) is 11.9 Å². The highest BCUT2D eigenvalue weighted by Crippen LogP contribution is 2.36. The van der Waals surface area contributed by atoms with Gasteiger partial charge in [0.2, 0.25) is 0 Å². The smallest absolute Gasteiger partial charge is 0.165 e. The summed E-state index contributed by atoms with van der Waals surface area (Å²) in [4.78, 5) is 0. The Hall–Kier alpha value is -2.10. The number of aryl methyl sites for hydroxylation is 1. The van der Waals surface area contributed by atoms with Crippen LogP contribution in [0.25, 0.3) is 0 Å². The van der Waals surface area contributed by atoms with Crippen LogP contribution in [-0.2, 0) is 0 Å². The van der Waals surface area contributed by atoms with Gasteiger partial charge in [0.05, 0.1) is 12.2 Å². The lowest BCUT2D eigenvalue weighted by atomic mass is 10.1. The molecular formula is C15H13F2NO. The second-order valence-electron chi connectivity index (χ2n) is 4.58. The molecule has 0 fully saturated rings. The second kappa shape index (κ2) is 4.53. The summed E-state index contributed by atoms with van der Waals surface area (Å²) in [5.41, 5.74) is 2.21. The SMILES string of the molecule is Cc1cccc2c1NCC(c1cccc(F)c1F)O2. The lowest BCUT2D eigenvalue weighted by Gasteiger charge is -2.28. The zero-order chi connectivity index (χ0) is 13.4. The van der Waals surface area contributed by atoms with Crippen LogP contribution in [0.3, 0.4) is 0 Å². The van der Waals surface area contributed by atoms with Gasteiger partial charge in [0, 0.05) is 5.56 Å². The van der Waals surface area contributed by atoms with Crippen LogP contribution < -0.4 is 10.1 Å². The number of rotatable bonds is 1. The van der Waals surface area contributed by atoms with E-state index in [9.17, 15) is 8.78 Å². The monoisotopic (exact) mass is 261 g/mol. The van der Waals surface area contributed by atoms with Crippen LogP contribution >= 0.6 is 0 Å². The predicted molar refractivity (Wildman–Crippen MR) is 69.4 cm³/mol. The Morgan fingerprint density at radius 3 is 2.79 bits per heavy atom. The average molecular weight is 261 g/mol. The Labute approximate surface area is 110 Å². The highest BCUT2D eigenvalue weighted by Gasteiger charge is 2.25. The molecule has 1 heterocycles. The maximum Gasteiger partial charge on any atom is 0.165 e. The largest absolute Gasteiger partial charge is 0.482 e.